The van der Waals surface area contributed by atoms with Crippen molar-refractivity contribution < 1.29 is 14.6 Å². The fourth-order valence-corrected chi connectivity index (χ4v) is 4.82. The van der Waals surface area contributed by atoms with Gasteiger partial charge >= 0.3 is 5.97 Å². The number of carbonyl (C=O) groups is 1. The van der Waals surface area contributed by atoms with E-state index in [4.69, 9.17) is 4.74 Å². The summed E-state index contributed by atoms with van der Waals surface area (Å²) in [6.45, 7) is 19.0. The first-order chi connectivity index (χ1) is 13.3. The Bertz CT molecular complexity index is 608. The number of carbonyl (C=O) groups excluding carboxylic acids is 1. The zero-order valence-electron chi connectivity index (χ0n) is 19.7. The summed E-state index contributed by atoms with van der Waals surface area (Å²) in [6.07, 6.45) is 2.08. The number of ether oxygens (including phenoxy) is 1. The average molecular weight is 423 g/mol. The highest BCUT2D eigenvalue weighted by molar-refractivity contribution is 7.99. The van der Waals surface area contributed by atoms with Crippen molar-refractivity contribution in [2.45, 2.75) is 74.0 Å². The van der Waals surface area contributed by atoms with Crippen LogP contribution in [0.4, 0.5) is 0 Å². The van der Waals surface area contributed by atoms with E-state index < -0.39 is 0 Å². The average Bonchev–Trinajstić information content (AvgIpc) is 2.57. The molecular weight excluding hydrogens is 380 g/mol. The van der Waals surface area contributed by atoms with Gasteiger partial charge in [0, 0.05) is 5.75 Å². The molecule has 0 bridgehead atoms. The van der Waals surface area contributed by atoms with Crippen molar-refractivity contribution in [3.8, 4) is 5.75 Å². The second-order valence-electron chi connectivity index (χ2n) is 10.7. The first-order valence-corrected chi connectivity index (χ1v) is 12.0. The van der Waals surface area contributed by atoms with Gasteiger partial charge in [-0.2, -0.15) is 0 Å². The zero-order valence-corrected chi connectivity index (χ0v) is 20.6. The van der Waals surface area contributed by atoms with E-state index in [0.29, 0.717) is 30.1 Å². The van der Waals surface area contributed by atoms with E-state index in [1.807, 2.05) is 12.1 Å². The Hall–Kier alpha value is -1.16. The van der Waals surface area contributed by atoms with Crippen molar-refractivity contribution in [3.63, 3.8) is 0 Å². The monoisotopic (exact) mass is 422 g/mol. The normalized spacial score (nSPS) is 14.7. The minimum atomic E-state index is -0.141. The summed E-state index contributed by atoms with van der Waals surface area (Å²) in [4.78, 5) is 12.1. The number of phenols is 1. The van der Waals surface area contributed by atoms with Crippen molar-refractivity contribution in [1.29, 1.82) is 0 Å². The lowest BCUT2D eigenvalue weighted by molar-refractivity contribution is -0.141. The number of aromatic hydroxyl groups is 1. The largest absolute Gasteiger partial charge is 0.508 e. The van der Waals surface area contributed by atoms with Crippen molar-refractivity contribution in [3.05, 3.63) is 29.8 Å². The third-order valence-corrected chi connectivity index (χ3v) is 6.81. The Labute approximate surface area is 183 Å². The van der Waals surface area contributed by atoms with Crippen LogP contribution in [0.5, 0.6) is 5.75 Å². The maximum atomic E-state index is 12.1. The van der Waals surface area contributed by atoms with Gasteiger partial charge in [0.2, 0.25) is 0 Å². The van der Waals surface area contributed by atoms with Gasteiger partial charge in [-0.25, -0.2) is 0 Å². The van der Waals surface area contributed by atoms with Gasteiger partial charge in [-0.1, -0.05) is 67.5 Å². The molecule has 0 radical (unpaired) electrons. The topological polar surface area (TPSA) is 46.5 Å². The molecule has 0 heterocycles. The lowest BCUT2D eigenvalue weighted by Gasteiger charge is -2.40. The Balaban J connectivity index is 2.47. The molecule has 0 saturated heterocycles. The standard InChI is InChI=1S/C25H42O3S/c1-18(2)22(25(6,7)8)15-20(24(3,4)5)13-14-28-23(27)17-29-16-19-9-11-21(26)12-10-19/h9-12,18,20,22,26H,13-17H2,1-8H3. The van der Waals surface area contributed by atoms with Gasteiger partial charge < -0.3 is 9.84 Å². The molecule has 0 spiro atoms. The Morgan fingerprint density at radius 2 is 1.62 bits per heavy atom. The molecule has 0 aliphatic rings. The molecule has 0 saturated carbocycles. The van der Waals surface area contributed by atoms with E-state index in [1.54, 1.807) is 23.9 Å². The van der Waals surface area contributed by atoms with Gasteiger partial charge in [-0.15, -0.1) is 11.8 Å². The van der Waals surface area contributed by atoms with Crippen LogP contribution in [0.25, 0.3) is 0 Å². The van der Waals surface area contributed by atoms with Crippen LogP contribution in [0.3, 0.4) is 0 Å². The number of phenolic OH excluding ortho intramolecular Hbond substituents is 1. The van der Waals surface area contributed by atoms with E-state index in [0.717, 1.165) is 24.2 Å². The summed E-state index contributed by atoms with van der Waals surface area (Å²) < 4.78 is 5.55. The Kier molecular flexibility index (Phi) is 10.1. The molecule has 1 aromatic carbocycles. The molecule has 4 heteroatoms. The molecular formula is C25H42O3S. The molecule has 2 unspecified atom stereocenters. The van der Waals surface area contributed by atoms with Crippen LogP contribution in [0.1, 0.15) is 73.8 Å². The fourth-order valence-electron chi connectivity index (χ4n) is 4.04. The lowest BCUT2D eigenvalue weighted by atomic mass is 9.65. The number of hydrogen-bond donors (Lipinski definition) is 1. The quantitative estimate of drug-likeness (QED) is 0.415. The molecule has 166 valence electrons. The number of esters is 1. The van der Waals surface area contributed by atoms with Crippen molar-refractivity contribution in [2.75, 3.05) is 12.4 Å². The van der Waals surface area contributed by atoms with Gasteiger partial charge in [-0.3, -0.25) is 4.79 Å². The molecule has 0 aromatic heterocycles. The van der Waals surface area contributed by atoms with E-state index in [-0.39, 0.29) is 22.5 Å². The zero-order chi connectivity index (χ0) is 22.2. The van der Waals surface area contributed by atoms with Gasteiger partial charge in [0.25, 0.3) is 0 Å². The predicted molar refractivity (Wildman–Crippen MR) is 125 cm³/mol. The second kappa shape index (κ2) is 11.3. The lowest BCUT2D eigenvalue weighted by Crippen LogP contribution is -2.32. The summed E-state index contributed by atoms with van der Waals surface area (Å²) in [7, 11) is 0. The first kappa shape index (κ1) is 25.9. The predicted octanol–water partition coefficient (Wildman–Crippen LogP) is 6.93. The molecule has 1 rings (SSSR count). The smallest absolute Gasteiger partial charge is 0.315 e. The van der Waals surface area contributed by atoms with Gasteiger partial charge in [0.05, 0.1) is 12.4 Å². The van der Waals surface area contributed by atoms with Crippen molar-refractivity contribution in [1.82, 2.24) is 0 Å². The maximum absolute atomic E-state index is 12.1. The third-order valence-electron chi connectivity index (χ3n) is 5.83. The molecule has 0 amide bonds. The van der Waals surface area contributed by atoms with Crippen LogP contribution in [0.2, 0.25) is 0 Å². The van der Waals surface area contributed by atoms with E-state index in [1.165, 1.54) is 0 Å². The molecule has 29 heavy (non-hydrogen) atoms. The highest BCUT2D eigenvalue weighted by Crippen LogP contribution is 2.42. The van der Waals surface area contributed by atoms with Gasteiger partial charge in [0.1, 0.15) is 5.75 Å². The molecule has 0 aliphatic carbocycles. The van der Waals surface area contributed by atoms with Crippen LogP contribution >= 0.6 is 11.8 Å². The van der Waals surface area contributed by atoms with E-state index in [2.05, 4.69) is 55.4 Å². The van der Waals surface area contributed by atoms with Crippen LogP contribution < -0.4 is 0 Å². The van der Waals surface area contributed by atoms with Crippen molar-refractivity contribution >= 4 is 17.7 Å². The van der Waals surface area contributed by atoms with Crippen molar-refractivity contribution in [2.24, 2.45) is 28.6 Å². The number of thioether (sulfide) groups is 1. The second-order valence-corrected chi connectivity index (χ2v) is 11.7. The molecule has 0 fully saturated rings. The van der Waals surface area contributed by atoms with E-state index in [9.17, 15) is 9.90 Å². The summed E-state index contributed by atoms with van der Waals surface area (Å²) in [5.74, 6) is 3.02. The molecule has 2 atom stereocenters. The summed E-state index contributed by atoms with van der Waals surface area (Å²) >= 11 is 1.55. The first-order valence-electron chi connectivity index (χ1n) is 10.8. The highest BCUT2D eigenvalue weighted by atomic mass is 32.2. The maximum Gasteiger partial charge on any atom is 0.315 e. The minimum absolute atomic E-state index is 0.141. The fraction of sp³-hybridized carbons (Fsp3) is 0.720. The van der Waals surface area contributed by atoms with Gasteiger partial charge in [-0.05, 0) is 59.1 Å². The highest BCUT2D eigenvalue weighted by Gasteiger charge is 2.34. The molecule has 0 aliphatic heterocycles. The van der Waals surface area contributed by atoms with Crippen LogP contribution in [0.15, 0.2) is 24.3 Å². The molecule has 1 N–H and O–H groups in total. The van der Waals surface area contributed by atoms with Gasteiger partial charge in [0.15, 0.2) is 0 Å². The number of hydrogen-bond acceptors (Lipinski definition) is 4. The Morgan fingerprint density at radius 1 is 1.03 bits per heavy atom. The minimum Gasteiger partial charge on any atom is -0.508 e. The van der Waals surface area contributed by atoms with Crippen LogP contribution in [0, 0.1) is 28.6 Å². The third kappa shape index (κ3) is 9.93. The Morgan fingerprint density at radius 3 is 2.10 bits per heavy atom. The summed E-state index contributed by atoms with van der Waals surface area (Å²) in [5.41, 5.74) is 1.56. The number of benzene rings is 1. The summed E-state index contributed by atoms with van der Waals surface area (Å²) in [6, 6.07) is 7.09. The summed E-state index contributed by atoms with van der Waals surface area (Å²) in [5, 5.41) is 9.32. The SMILES string of the molecule is CC(C)C(CC(CCOC(=O)CSCc1ccc(O)cc1)C(C)(C)C)C(C)(C)C. The molecule has 1 aromatic rings. The van der Waals surface area contributed by atoms with Crippen LogP contribution in [-0.2, 0) is 15.3 Å². The molecule has 3 nitrogen and oxygen atoms in total. The van der Waals surface area contributed by atoms with E-state index >= 15 is 0 Å². The van der Waals surface area contributed by atoms with Crippen LogP contribution in [-0.4, -0.2) is 23.4 Å². The number of rotatable bonds is 10.